The van der Waals surface area contributed by atoms with E-state index in [1.807, 2.05) is 7.05 Å². The summed E-state index contributed by atoms with van der Waals surface area (Å²) in [5.41, 5.74) is 3.78. The summed E-state index contributed by atoms with van der Waals surface area (Å²) < 4.78 is 1.79. The summed E-state index contributed by atoms with van der Waals surface area (Å²) in [5, 5.41) is 11.1. The second kappa shape index (κ2) is 5.78. The zero-order chi connectivity index (χ0) is 13.0. The van der Waals surface area contributed by atoms with Crippen molar-refractivity contribution in [3.63, 3.8) is 0 Å². The van der Waals surface area contributed by atoms with Crippen LogP contribution in [0.1, 0.15) is 36.6 Å². The Balaban J connectivity index is 1.85. The Bertz CT molecular complexity index is 485. The maximum atomic E-state index is 3.90. The van der Waals surface area contributed by atoms with E-state index in [-0.39, 0.29) is 0 Å². The second-order valence-corrected chi connectivity index (χ2v) is 4.85. The molecule has 0 unspecified atom stereocenters. The summed E-state index contributed by atoms with van der Waals surface area (Å²) in [7, 11) is 1.90. The number of hydrogen-bond acceptors (Lipinski definition) is 3. The van der Waals surface area contributed by atoms with Gasteiger partial charge < -0.3 is 5.32 Å². The van der Waals surface area contributed by atoms with Gasteiger partial charge in [0, 0.05) is 20.1 Å². The molecule has 4 heteroatoms. The predicted molar refractivity (Wildman–Crippen MR) is 72.1 cm³/mol. The van der Waals surface area contributed by atoms with Crippen molar-refractivity contribution in [3.8, 4) is 0 Å². The van der Waals surface area contributed by atoms with Gasteiger partial charge in [-0.2, -0.15) is 0 Å². The number of benzene rings is 1. The Morgan fingerprint density at radius 2 is 1.89 bits per heavy atom. The molecule has 0 aliphatic carbocycles. The Hall–Kier alpha value is -1.68. The van der Waals surface area contributed by atoms with Crippen molar-refractivity contribution >= 4 is 0 Å². The molecule has 0 aliphatic heterocycles. The van der Waals surface area contributed by atoms with Crippen LogP contribution in [0.5, 0.6) is 0 Å². The number of aromatic nitrogens is 3. The molecular formula is C14H20N4. The minimum Gasteiger partial charge on any atom is -0.307 e. The molecule has 1 heterocycles. The van der Waals surface area contributed by atoms with Gasteiger partial charge in [-0.15, -0.1) is 5.10 Å². The van der Waals surface area contributed by atoms with Gasteiger partial charge >= 0.3 is 0 Å². The Labute approximate surface area is 108 Å². The highest BCUT2D eigenvalue weighted by atomic mass is 15.4. The van der Waals surface area contributed by atoms with Gasteiger partial charge in [-0.05, 0) is 17.0 Å². The highest BCUT2D eigenvalue weighted by Gasteiger charge is 2.01. The lowest BCUT2D eigenvalue weighted by atomic mass is 10.0. The summed E-state index contributed by atoms with van der Waals surface area (Å²) in [6, 6.07) is 8.77. The maximum Gasteiger partial charge on any atom is 0.0738 e. The van der Waals surface area contributed by atoms with E-state index in [1.165, 1.54) is 11.1 Å². The van der Waals surface area contributed by atoms with Crippen LogP contribution in [0.2, 0.25) is 0 Å². The van der Waals surface area contributed by atoms with Crippen LogP contribution in [0.3, 0.4) is 0 Å². The van der Waals surface area contributed by atoms with E-state index < -0.39 is 0 Å². The molecule has 96 valence electrons. The van der Waals surface area contributed by atoms with Gasteiger partial charge in [0.25, 0.3) is 0 Å². The van der Waals surface area contributed by atoms with Gasteiger partial charge in [0.15, 0.2) is 0 Å². The average Bonchev–Trinajstić information content (AvgIpc) is 2.76. The zero-order valence-corrected chi connectivity index (χ0v) is 11.2. The van der Waals surface area contributed by atoms with E-state index in [0.717, 1.165) is 18.8 Å². The lowest BCUT2D eigenvalue weighted by molar-refractivity contribution is 0.616. The zero-order valence-electron chi connectivity index (χ0n) is 11.2. The van der Waals surface area contributed by atoms with Crippen LogP contribution in [0.4, 0.5) is 0 Å². The van der Waals surface area contributed by atoms with E-state index in [2.05, 4.69) is 53.7 Å². The minimum absolute atomic E-state index is 0.590. The molecule has 0 saturated carbocycles. The third-order valence-electron chi connectivity index (χ3n) is 3.09. The molecule has 0 saturated heterocycles. The molecule has 2 aromatic rings. The van der Waals surface area contributed by atoms with Crippen molar-refractivity contribution in [3.05, 3.63) is 47.3 Å². The van der Waals surface area contributed by atoms with Crippen LogP contribution in [-0.2, 0) is 20.1 Å². The van der Waals surface area contributed by atoms with E-state index in [4.69, 9.17) is 0 Å². The molecule has 4 nitrogen and oxygen atoms in total. The Morgan fingerprint density at radius 3 is 2.44 bits per heavy atom. The lowest BCUT2D eigenvalue weighted by Crippen LogP contribution is -2.15. The van der Waals surface area contributed by atoms with Gasteiger partial charge in [-0.1, -0.05) is 43.3 Å². The van der Waals surface area contributed by atoms with Crippen LogP contribution in [0.25, 0.3) is 0 Å². The molecule has 0 aliphatic rings. The van der Waals surface area contributed by atoms with Crippen molar-refractivity contribution < 1.29 is 0 Å². The number of rotatable bonds is 5. The average molecular weight is 244 g/mol. The van der Waals surface area contributed by atoms with Crippen LogP contribution < -0.4 is 5.32 Å². The van der Waals surface area contributed by atoms with Gasteiger partial charge in [-0.25, -0.2) is 0 Å². The molecule has 0 bridgehead atoms. The van der Waals surface area contributed by atoms with Crippen molar-refractivity contribution in [1.29, 1.82) is 0 Å². The SMILES string of the molecule is CC(C)c1ccc(CNCc2cnnn2C)cc1. The van der Waals surface area contributed by atoms with E-state index in [9.17, 15) is 0 Å². The van der Waals surface area contributed by atoms with Crippen molar-refractivity contribution in [1.82, 2.24) is 20.3 Å². The number of nitrogens with zero attached hydrogens (tertiary/aromatic N) is 3. The first kappa shape index (κ1) is 12.8. The Kier molecular flexibility index (Phi) is 4.10. The third-order valence-corrected chi connectivity index (χ3v) is 3.09. The van der Waals surface area contributed by atoms with Crippen LogP contribution in [-0.4, -0.2) is 15.0 Å². The Morgan fingerprint density at radius 1 is 1.17 bits per heavy atom. The molecule has 0 radical (unpaired) electrons. The summed E-state index contributed by atoms with van der Waals surface area (Å²) in [6.45, 7) is 6.07. The molecule has 0 spiro atoms. The highest BCUT2D eigenvalue weighted by molar-refractivity contribution is 5.24. The summed E-state index contributed by atoms with van der Waals surface area (Å²) in [5.74, 6) is 0.590. The molecule has 0 fully saturated rings. The highest BCUT2D eigenvalue weighted by Crippen LogP contribution is 2.14. The fraction of sp³-hybridized carbons (Fsp3) is 0.429. The first-order chi connectivity index (χ1) is 8.66. The first-order valence-electron chi connectivity index (χ1n) is 6.30. The molecule has 2 rings (SSSR count). The molecular weight excluding hydrogens is 224 g/mol. The number of aryl methyl sites for hydroxylation is 1. The quantitative estimate of drug-likeness (QED) is 0.877. The topological polar surface area (TPSA) is 42.7 Å². The molecule has 1 aromatic heterocycles. The maximum absolute atomic E-state index is 3.90. The van der Waals surface area contributed by atoms with Crippen LogP contribution in [0, 0.1) is 0 Å². The molecule has 0 atom stereocenters. The normalized spacial score (nSPS) is 11.1. The van der Waals surface area contributed by atoms with Crippen LogP contribution >= 0.6 is 0 Å². The third kappa shape index (κ3) is 3.17. The van der Waals surface area contributed by atoms with Gasteiger partial charge in [0.1, 0.15) is 0 Å². The fourth-order valence-corrected chi connectivity index (χ4v) is 1.83. The van der Waals surface area contributed by atoms with E-state index >= 15 is 0 Å². The molecule has 0 amide bonds. The number of hydrogen-bond donors (Lipinski definition) is 1. The van der Waals surface area contributed by atoms with E-state index in [0.29, 0.717) is 5.92 Å². The summed E-state index contributed by atoms with van der Waals surface area (Å²) >= 11 is 0. The smallest absolute Gasteiger partial charge is 0.0738 e. The van der Waals surface area contributed by atoms with E-state index in [1.54, 1.807) is 10.9 Å². The largest absolute Gasteiger partial charge is 0.307 e. The summed E-state index contributed by atoms with van der Waals surface area (Å²) in [4.78, 5) is 0. The van der Waals surface area contributed by atoms with Crippen LogP contribution in [0.15, 0.2) is 30.5 Å². The van der Waals surface area contributed by atoms with Gasteiger partial charge in [-0.3, -0.25) is 4.68 Å². The predicted octanol–water partition coefficient (Wildman–Crippen LogP) is 2.23. The first-order valence-corrected chi connectivity index (χ1v) is 6.30. The van der Waals surface area contributed by atoms with Gasteiger partial charge in [0.2, 0.25) is 0 Å². The number of nitrogens with one attached hydrogen (secondary N) is 1. The summed E-state index contributed by atoms with van der Waals surface area (Å²) in [6.07, 6.45) is 1.79. The standard InChI is InChI=1S/C14H20N4/c1-11(2)13-6-4-12(5-7-13)8-15-9-14-10-16-17-18(14)3/h4-7,10-11,15H,8-9H2,1-3H3. The molecule has 18 heavy (non-hydrogen) atoms. The minimum atomic E-state index is 0.590. The lowest BCUT2D eigenvalue weighted by Gasteiger charge is -2.08. The second-order valence-electron chi connectivity index (χ2n) is 4.85. The fourth-order valence-electron chi connectivity index (χ4n) is 1.83. The van der Waals surface area contributed by atoms with Crippen molar-refractivity contribution in [2.45, 2.75) is 32.9 Å². The molecule has 1 N–H and O–H groups in total. The van der Waals surface area contributed by atoms with Gasteiger partial charge in [0.05, 0.1) is 11.9 Å². The van der Waals surface area contributed by atoms with Crippen molar-refractivity contribution in [2.24, 2.45) is 7.05 Å². The van der Waals surface area contributed by atoms with Crippen molar-refractivity contribution in [2.75, 3.05) is 0 Å². The monoisotopic (exact) mass is 244 g/mol. The molecule has 1 aromatic carbocycles.